The van der Waals surface area contributed by atoms with Crippen LogP contribution in [0.3, 0.4) is 0 Å². The lowest BCUT2D eigenvalue weighted by molar-refractivity contribution is 0.0317. The van der Waals surface area contributed by atoms with Crippen LogP contribution in [0.5, 0.6) is 6.01 Å². The summed E-state index contributed by atoms with van der Waals surface area (Å²) in [5, 5.41) is 0. The van der Waals surface area contributed by atoms with E-state index >= 15 is 0 Å². The van der Waals surface area contributed by atoms with E-state index in [-0.39, 0.29) is 0 Å². The van der Waals surface area contributed by atoms with Crippen LogP contribution in [0.15, 0.2) is 6.07 Å². The molecule has 0 spiro atoms. The molecule has 2 rings (SSSR count). The fourth-order valence-corrected chi connectivity index (χ4v) is 2.30. The molecule has 0 aliphatic carbocycles. The molecule has 118 valence electrons. The first kappa shape index (κ1) is 15.8. The van der Waals surface area contributed by atoms with Crippen LogP contribution in [0.2, 0.25) is 0 Å². The number of hydrogen-bond donors (Lipinski definition) is 1. The maximum atomic E-state index is 5.84. The van der Waals surface area contributed by atoms with Crippen LogP contribution in [0.1, 0.15) is 13.8 Å². The van der Waals surface area contributed by atoms with Crippen molar-refractivity contribution in [1.29, 1.82) is 0 Å². The predicted octanol–water partition coefficient (Wildman–Crippen LogP) is 0.616. The lowest BCUT2D eigenvalue weighted by Gasteiger charge is -2.26. The van der Waals surface area contributed by atoms with Crippen molar-refractivity contribution in [2.45, 2.75) is 13.8 Å². The summed E-state index contributed by atoms with van der Waals surface area (Å²) < 4.78 is 11.0. The Hall–Kier alpha value is -1.60. The highest BCUT2D eigenvalue weighted by atomic mass is 16.5. The van der Waals surface area contributed by atoms with Crippen molar-refractivity contribution in [3.63, 3.8) is 0 Å². The Kier molecular flexibility index (Phi) is 6.01. The standard InChI is InChI=1S/C14H25N5O2/c1-3-19(4-2)13-11-12(15)16-14(17-13)21-10-7-18-5-8-20-9-6-18/h11H,3-10H2,1-2H3,(H2,15,16,17). The van der Waals surface area contributed by atoms with Gasteiger partial charge in [-0.15, -0.1) is 0 Å². The number of aromatic nitrogens is 2. The van der Waals surface area contributed by atoms with Gasteiger partial charge in [0.15, 0.2) is 0 Å². The van der Waals surface area contributed by atoms with Crippen molar-refractivity contribution in [3.8, 4) is 6.01 Å². The number of hydrogen-bond acceptors (Lipinski definition) is 7. The number of nitrogen functional groups attached to an aromatic ring is 1. The number of ether oxygens (including phenoxy) is 2. The second-order valence-electron chi connectivity index (χ2n) is 4.91. The topological polar surface area (TPSA) is 76.7 Å². The summed E-state index contributed by atoms with van der Waals surface area (Å²) in [6, 6.07) is 2.13. The smallest absolute Gasteiger partial charge is 0.320 e. The second kappa shape index (κ2) is 7.99. The van der Waals surface area contributed by atoms with Crippen molar-refractivity contribution in [2.24, 2.45) is 0 Å². The lowest BCUT2D eigenvalue weighted by atomic mass is 10.4. The van der Waals surface area contributed by atoms with Gasteiger partial charge in [-0.1, -0.05) is 0 Å². The third kappa shape index (κ3) is 4.71. The summed E-state index contributed by atoms with van der Waals surface area (Å²) in [7, 11) is 0. The van der Waals surface area contributed by atoms with E-state index in [9.17, 15) is 0 Å². The van der Waals surface area contributed by atoms with E-state index in [4.69, 9.17) is 15.2 Å². The van der Waals surface area contributed by atoms with Crippen molar-refractivity contribution >= 4 is 11.6 Å². The van der Waals surface area contributed by atoms with E-state index in [1.807, 2.05) is 0 Å². The molecule has 0 bridgehead atoms. The molecule has 1 aliphatic heterocycles. The van der Waals surface area contributed by atoms with Crippen LogP contribution in [0.25, 0.3) is 0 Å². The minimum Gasteiger partial charge on any atom is -0.462 e. The second-order valence-corrected chi connectivity index (χ2v) is 4.91. The number of morpholine rings is 1. The van der Waals surface area contributed by atoms with Crippen LogP contribution in [0, 0.1) is 0 Å². The first-order valence-corrected chi connectivity index (χ1v) is 7.55. The fraction of sp³-hybridized carbons (Fsp3) is 0.714. The number of nitrogens with two attached hydrogens (primary N) is 1. The van der Waals surface area contributed by atoms with Gasteiger partial charge >= 0.3 is 6.01 Å². The molecule has 2 N–H and O–H groups in total. The van der Waals surface area contributed by atoms with Gasteiger partial charge in [0, 0.05) is 38.8 Å². The maximum absolute atomic E-state index is 5.84. The van der Waals surface area contributed by atoms with E-state index < -0.39 is 0 Å². The minimum atomic E-state index is 0.352. The molecular weight excluding hydrogens is 270 g/mol. The van der Waals surface area contributed by atoms with Gasteiger partial charge in [-0.05, 0) is 13.8 Å². The minimum absolute atomic E-state index is 0.352. The lowest BCUT2D eigenvalue weighted by Crippen LogP contribution is -2.38. The van der Waals surface area contributed by atoms with Gasteiger partial charge in [-0.2, -0.15) is 9.97 Å². The van der Waals surface area contributed by atoms with Crippen molar-refractivity contribution in [2.75, 3.05) is 63.2 Å². The average molecular weight is 295 g/mol. The Morgan fingerprint density at radius 1 is 1.29 bits per heavy atom. The van der Waals surface area contributed by atoms with Crippen LogP contribution < -0.4 is 15.4 Å². The van der Waals surface area contributed by atoms with Gasteiger partial charge in [0.1, 0.15) is 18.2 Å². The van der Waals surface area contributed by atoms with Crippen molar-refractivity contribution in [3.05, 3.63) is 6.07 Å². The third-order valence-electron chi connectivity index (χ3n) is 3.54. The predicted molar refractivity (Wildman–Crippen MR) is 82.8 cm³/mol. The molecule has 0 saturated carbocycles. The number of rotatable bonds is 7. The molecule has 7 heteroatoms. The molecule has 0 radical (unpaired) electrons. The molecule has 0 amide bonds. The van der Waals surface area contributed by atoms with Gasteiger partial charge in [0.25, 0.3) is 0 Å². The summed E-state index contributed by atoms with van der Waals surface area (Å²) in [6.07, 6.45) is 0. The number of anilines is 2. The Bertz CT molecular complexity index is 433. The van der Waals surface area contributed by atoms with Crippen LogP contribution in [-0.4, -0.2) is 67.4 Å². The van der Waals surface area contributed by atoms with Crippen LogP contribution >= 0.6 is 0 Å². The van der Waals surface area contributed by atoms with Gasteiger partial charge in [-0.3, -0.25) is 4.90 Å². The van der Waals surface area contributed by atoms with E-state index in [1.54, 1.807) is 6.07 Å². The van der Waals surface area contributed by atoms with Gasteiger partial charge < -0.3 is 20.1 Å². The van der Waals surface area contributed by atoms with Crippen LogP contribution in [-0.2, 0) is 4.74 Å². The molecule has 1 fully saturated rings. The Labute approximate surface area is 126 Å². The summed E-state index contributed by atoms with van der Waals surface area (Å²) in [5.41, 5.74) is 5.84. The van der Waals surface area contributed by atoms with Gasteiger partial charge in [-0.25, -0.2) is 0 Å². The van der Waals surface area contributed by atoms with E-state index in [1.165, 1.54) is 0 Å². The molecule has 1 aromatic rings. The van der Waals surface area contributed by atoms with Crippen molar-refractivity contribution in [1.82, 2.24) is 14.9 Å². The van der Waals surface area contributed by atoms with E-state index in [0.717, 1.165) is 51.8 Å². The summed E-state index contributed by atoms with van der Waals surface area (Å²) in [5.74, 6) is 1.25. The zero-order chi connectivity index (χ0) is 15.1. The summed E-state index contributed by atoms with van der Waals surface area (Å²) >= 11 is 0. The molecule has 2 heterocycles. The SMILES string of the molecule is CCN(CC)c1cc(N)nc(OCCN2CCOCC2)n1. The fourth-order valence-electron chi connectivity index (χ4n) is 2.30. The number of nitrogens with zero attached hydrogens (tertiary/aromatic N) is 4. The first-order valence-electron chi connectivity index (χ1n) is 7.55. The zero-order valence-corrected chi connectivity index (χ0v) is 12.9. The molecule has 0 atom stereocenters. The molecule has 7 nitrogen and oxygen atoms in total. The molecule has 0 unspecified atom stereocenters. The molecule has 0 aromatic carbocycles. The van der Waals surface area contributed by atoms with E-state index in [2.05, 4.69) is 33.6 Å². The normalized spacial score (nSPS) is 15.9. The molecule has 1 aliphatic rings. The highest BCUT2D eigenvalue weighted by Gasteiger charge is 2.12. The van der Waals surface area contributed by atoms with Gasteiger partial charge in [0.2, 0.25) is 0 Å². The van der Waals surface area contributed by atoms with Crippen LogP contribution in [0.4, 0.5) is 11.6 Å². The zero-order valence-electron chi connectivity index (χ0n) is 12.9. The monoisotopic (exact) mass is 295 g/mol. The third-order valence-corrected chi connectivity index (χ3v) is 3.54. The Morgan fingerprint density at radius 2 is 2.00 bits per heavy atom. The highest BCUT2D eigenvalue weighted by molar-refractivity contribution is 5.47. The summed E-state index contributed by atoms with van der Waals surface area (Å²) in [4.78, 5) is 13.0. The van der Waals surface area contributed by atoms with E-state index in [0.29, 0.717) is 18.4 Å². The quantitative estimate of drug-likeness (QED) is 0.790. The maximum Gasteiger partial charge on any atom is 0.320 e. The molecule has 21 heavy (non-hydrogen) atoms. The summed E-state index contributed by atoms with van der Waals surface area (Å²) in [6.45, 7) is 10.8. The largest absolute Gasteiger partial charge is 0.462 e. The van der Waals surface area contributed by atoms with Gasteiger partial charge in [0.05, 0.1) is 13.2 Å². The highest BCUT2D eigenvalue weighted by Crippen LogP contribution is 2.17. The average Bonchev–Trinajstić information content (AvgIpc) is 2.49. The molecule has 1 aromatic heterocycles. The molecular formula is C14H25N5O2. The first-order chi connectivity index (χ1) is 10.2. The molecule has 1 saturated heterocycles. The Morgan fingerprint density at radius 3 is 2.67 bits per heavy atom. The van der Waals surface area contributed by atoms with Crippen molar-refractivity contribution < 1.29 is 9.47 Å². The Balaban J connectivity index is 1.90.